The van der Waals surface area contributed by atoms with Crippen molar-refractivity contribution < 1.29 is 14.1 Å². The third-order valence-corrected chi connectivity index (χ3v) is 4.85. The molecule has 1 aliphatic rings. The summed E-state index contributed by atoms with van der Waals surface area (Å²) in [4.78, 5) is 27.0. The zero-order valence-corrected chi connectivity index (χ0v) is 15.9. The molecule has 1 fully saturated rings. The lowest BCUT2D eigenvalue weighted by atomic mass is 10.2. The van der Waals surface area contributed by atoms with Crippen LogP contribution in [0.1, 0.15) is 6.42 Å². The molecule has 0 spiro atoms. The Morgan fingerprint density at radius 1 is 1.18 bits per heavy atom. The van der Waals surface area contributed by atoms with Gasteiger partial charge in [0.15, 0.2) is 0 Å². The third kappa shape index (κ3) is 5.17. The summed E-state index contributed by atoms with van der Waals surface area (Å²) in [6, 6.07) is 10.4. The second kappa shape index (κ2) is 8.99. The van der Waals surface area contributed by atoms with Gasteiger partial charge in [0.05, 0.1) is 4.92 Å². The molecule has 9 heteroatoms. The quantitative estimate of drug-likeness (QED) is 0.586. The van der Waals surface area contributed by atoms with Crippen LogP contribution in [0.3, 0.4) is 0 Å². The highest BCUT2D eigenvalue weighted by Gasteiger charge is 2.24. The maximum Gasteiger partial charge on any atom is 0.294 e. The number of carbonyl (C=O) groups excluding carboxylic acids is 1. The highest BCUT2D eigenvalue weighted by Crippen LogP contribution is 2.31. The van der Waals surface area contributed by atoms with Crippen LogP contribution in [0.25, 0.3) is 0 Å². The summed E-state index contributed by atoms with van der Waals surface area (Å²) in [6.45, 7) is 3.18. The Hall–Kier alpha value is -2.71. The van der Waals surface area contributed by atoms with E-state index in [1.807, 2.05) is 4.90 Å². The molecule has 3 rings (SSSR count). The third-order valence-electron chi connectivity index (χ3n) is 4.61. The number of rotatable bonds is 6. The number of carbonyl (C=O) groups is 1. The minimum absolute atomic E-state index is 0.00424. The average Bonchev–Trinajstić information content (AvgIpc) is 2.67. The van der Waals surface area contributed by atoms with Crippen molar-refractivity contribution in [3.8, 4) is 0 Å². The summed E-state index contributed by atoms with van der Waals surface area (Å²) in [6.07, 6.45) is 0.289. The predicted octanol–water partition coefficient (Wildman–Crippen LogP) is 3.54. The molecule has 0 bridgehead atoms. The van der Waals surface area contributed by atoms with Crippen LogP contribution in [0.15, 0.2) is 42.5 Å². The number of nitrogens with zero attached hydrogens (tertiary/aromatic N) is 3. The fraction of sp³-hybridized carbons (Fsp3) is 0.316. The topological polar surface area (TPSA) is 78.7 Å². The number of hydrogen-bond donors (Lipinski definition) is 1. The van der Waals surface area contributed by atoms with Crippen molar-refractivity contribution in [2.45, 2.75) is 6.42 Å². The molecule has 0 aliphatic carbocycles. The summed E-state index contributed by atoms with van der Waals surface area (Å²) >= 11 is 5.87. The van der Waals surface area contributed by atoms with E-state index in [1.54, 1.807) is 24.3 Å². The first-order valence-electron chi connectivity index (χ1n) is 8.89. The highest BCUT2D eigenvalue weighted by molar-refractivity contribution is 6.30. The zero-order valence-electron chi connectivity index (χ0n) is 15.1. The van der Waals surface area contributed by atoms with Gasteiger partial charge in [0.2, 0.25) is 5.91 Å². The van der Waals surface area contributed by atoms with E-state index in [0.717, 1.165) is 0 Å². The number of benzene rings is 2. The number of nitrogens with one attached hydrogen (secondary N) is 1. The van der Waals surface area contributed by atoms with Crippen molar-refractivity contribution in [1.82, 2.24) is 4.90 Å². The average molecular weight is 407 g/mol. The van der Waals surface area contributed by atoms with E-state index in [0.29, 0.717) is 49.1 Å². The summed E-state index contributed by atoms with van der Waals surface area (Å²) in [5.74, 6) is -0.577. The Kier molecular flexibility index (Phi) is 6.43. The molecule has 0 unspecified atom stereocenters. The lowest BCUT2D eigenvalue weighted by Crippen LogP contribution is -2.47. The predicted molar refractivity (Wildman–Crippen MR) is 106 cm³/mol. The Morgan fingerprint density at radius 2 is 1.93 bits per heavy atom. The van der Waals surface area contributed by atoms with Gasteiger partial charge in [0.25, 0.3) is 5.69 Å². The molecular formula is C19H20ClFN4O3. The van der Waals surface area contributed by atoms with Gasteiger partial charge in [-0.15, -0.1) is 0 Å². The van der Waals surface area contributed by atoms with E-state index in [-0.39, 0.29) is 18.0 Å². The van der Waals surface area contributed by atoms with Gasteiger partial charge in [-0.2, -0.15) is 0 Å². The molecule has 1 amide bonds. The number of anilines is 2. The summed E-state index contributed by atoms with van der Waals surface area (Å²) < 4.78 is 13.2. The first kappa shape index (κ1) is 20.0. The van der Waals surface area contributed by atoms with Crippen molar-refractivity contribution in [2.75, 3.05) is 42.9 Å². The molecule has 2 aromatic rings. The Balaban J connectivity index is 1.49. The first-order chi connectivity index (χ1) is 13.4. The highest BCUT2D eigenvalue weighted by atomic mass is 35.5. The summed E-state index contributed by atoms with van der Waals surface area (Å²) in [5, 5.41) is 14.3. The maximum absolute atomic E-state index is 13.2. The maximum atomic E-state index is 13.2. The van der Waals surface area contributed by atoms with Crippen LogP contribution in [0, 0.1) is 15.9 Å². The van der Waals surface area contributed by atoms with E-state index in [9.17, 15) is 19.3 Å². The van der Waals surface area contributed by atoms with Crippen molar-refractivity contribution in [3.63, 3.8) is 0 Å². The molecule has 28 heavy (non-hydrogen) atoms. The van der Waals surface area contributed by atoms with Gasteiger partial charge in [0, 0.05) is 55.9 Å². The van der Waals surface area contributed by atoms with Crippen LogP contribution in [0.5, 0.6) is 0 Å². The van der Waals surface area contributed by atoms with Crippen LogP contribution >= 0.6 is 11.6 Å². The van der Waals surface area contributed by atoms with Crippen LogP contribution in [-0.4, -0.2) is 48.5 Å². The summed E-state index contributed by atoms with van der Waals surface area (Å²) in [7, 11) is 0. The number of hydrogen-bond acceptors (Lipinski definition) is 5. The van der Waals surface area contributed by atoms with Gasteiger partial charge >= 0.3 is 0 Å². The van der Waals surface area contributed by atoms with Crippen molar-refractivity contribution in [2.24, 2.45) is 0 Å². The van der Waals surface area contributed by atoms with E-state index in [2.05, 4.69) is 10.2 Å². The largest absolute Gasteiger partial charge is 0.363 e. The fourth-order valence-electron chi connectivity index (χ4n) is 3.17. The minimum Gasteiger partial charge on any atom is -0.363 e. The zero-order chi connectivity index (χ0) is 20.1. The lowest BCUT2D eigenvalue weighted by molar-refractivity contribution is -0.384. The number of amides is 1. The molecule has 1 saturated heterocycles. The molecule has 0 saturated carbocycles. The summed E-state index contributed by atoms with van der Waals surface area (Å²) in [5.41, 5.74) is 0.984. The molecule has 0 aromatic heterocycles. The van der Waals surface area contributed by atoms with Crippen LogP contribution in [-0.2, 0) is 4.79 Å². The second-order valence-corrected chi connectivity index (χ2v) is 6.96. The molecule has 1 N–H and O–H groups in total. The van der Waals surface area contributed by atoms with Gasteiger partial charge in [-0.05, 0) is 30.3 Å². The van der Waals surface area contributed by atoms with Crippen molar-refractivity contribution in [3.05, 3.63) is 63.4 Å². The monoisotopic (exact) mass is 406 g/mol. The minimum atomic E-state index is -0.426. The van der Waals surface area contributed by atoms with Crippen LogP contribution in [0.2, 0.25) is 5.02 Å². The molecule has 148 valence electrons. The molecule has 0 radical (unpaired) electrons. The fourth-order valence-corrected chi connectivity index (χ4v) is 3.34. The van der Waals surface area contributed by atoms with Gasteiger partial charge in [0.1, 0.15) is 11.5 Å². The molecule has 7 nitrogen and oxygen atoms in total. The smallest absolute Gasteiger partial charge is 0.294 e. The van der Waals surface area contributed by atoms with E-state index >= 15 is 0 Å². The standard InChI is InChI=1S/C19H20ClFN4O3/c20-14-4-5-17(18(12-14)25(27)28)24-10-8-23(9-11-24)7-6-19(26)22-16-3-1-2-15(21)13-16/h1-5,12-13H,6-11H2,(H,22,26). The number of nitro groups is 1. The van der Waals surface area contributed by atoms with Crippen LogP contribution in [0.4, 0.5) is 21.5 Å². The van der Waals surface area contributed by atoms with E-state index < -0.39 is 10.7 Å². The normalized spacial score (nSPS) is 14.7. The molecule has 2 aromatic carbocycles. The van der Waals surface area contributed by atoms with Crippen molar-refractivity contribution >= 4 is 34.6 Å². The molecule has 1 heterocycles. The number of piperazine rings is 1. The van der Waals surface area contributed by atoms with Gasteiger partial charge in [-0.3, -0.25) is 19.8 Å². The van der Waals surface area contributed by atoms with Gasteiger partial charge < -0.3 is 10.2 Å². The van der Waals surface area contributed by atoms with Crippen LogP contribution < -0.4 is 10.2 Å². The lowest BCUT2D eigenvalue weighted by Gasteiger charge is -2.35. The van der Waals surface area contributed by atoms with E-state index in [1.165, 1.54) is 18.2 Å². The van der Waals surface area contributed by atoms with Gasteiger partial charge in [-0.1, -0.05) is 17.7 Å². The molecule has 1 aliphatic heterocycles. The molecular weight excluding hydrogens is 387 g/mol. The Bertz CT molecular complexity index is 872. The Labute approximate surface area is 166 Å². The van der Waals surface area contributed by atoms with Crippen molar-refractivity contribution in [1.29, 1.82) is 0 Å². The van der Waals surface area contributed by atoms with E-state index in [4.69, 9.17) is 11.6 Å². The Morgan fingerprint density at radius 3 is 2.61 bits per heavy atom. The van der Waals surface area contributed by atoms with Gasteiger partial charge in [-0.25, -0.2) is 4.39 Å². The SMILES string of the molecule is O=C(CCN1CCN(c2ccc(Cl)cc2[N+](=O)[O-])CC1)Nc1cccc(F)c1. The number of nitro benzene ring substituents is 1. The first-order valence-corrected chi connectivity index (χ1v) is 9.27. The molecule has 0 atom stereocenters. The number of halogens is 2. The second-order valence-electron chi connectivity index (χ2n) is 6.53.